The lowest BCUT2D eigenvalue weighted by Gasteiger charge is -2.31. The Morgan fingerprint density at radius 3 is 1.52 bits per heavy atom. The van der Waals surface area contributed by atoms with Crippen molar-refractivity contribution in [3.05, 3.63) is 28.8 Å². The molecule has 0 aliphatic heterocycles. The first-order valence-electron chi connectivity index (χ1n) is 5.79. The van der Waals surface area contributed by atoms with Crippen LogP contribution in [0.3, 0.4) is 0 Å². The highest BCUT2D eigenvalue weighted by atomic mass is 19.4. The molecule has 132 valence electrons. The van der Waals surface area contributed by atoms with E-state index in [1.807, 2.05) is 5.32 Å². The van der Waals surface area contributed by atoms with Crippen molar-refractivity contribution in [3.8, 4) is 0 Å². The third kappa shape index (κ3) is 3.18. The number of alkyl halides is 10. The Morgan fingerprint density at radius 1 is 0.783 bits per heavy atom. The Labute approximate surface area is 123 Å². The highest BCUT2D eigenvalue weighted by Crippen LogP contribution is 2.54. The van der Waals surface area contributed by atoms with Crippen LogP contribution < -0.4 is 5.32 Å². The van der Waals surface area contributed by atoms with Crippen LogP contribution in [0.4, 0.5) is 49.6 Å². The van der Waals surface area contributed by atoms with Crippen LogP contribution in [0.2, 0.25) is 0 Å². The minimum Gasteiger partial charge on any atom is -0.387 e. The molecule has 0 unspecified atom stereocenters. The predicted molar refractivity (Wildman–Crippen MR) is 60.6 cm³/mol. The van der Waals surface area contributed by atoms with Crippen molar-refractivity contribution in [1.29, 1.82) is 0 Å². The van der Waals surface area contributed by atoms with Crippen molar-refractivity contribution < 1.29 is 43.9 Å². The van der Waals surface area contributed by atoms with Crippen molar-refractivity contribution in [2.45, 2.75) is 31.1 Å². The van der Waals surface area contributed by atoms with Crippen LogP contribution in [-0.2, 0) is 11.8 Å². The summed E-state index contributed by atoms with van der Waals surface area (Å²) in [6.45, 7) is 0.831. The van der Waals surface area contributed by atoms with Gasteiger partial charge < -0.3 is 5.32 Å². The second-order valence-electron chi connectivity index (χ2n) is 4.62. The van der Waals surface area contributed by atoms with Crippen molar-refractivity contribution >= 4 is 5.69 Å². The smallest absolute Gasteiger partial charge is 0.387 e. The molecule has 0 fully saturated rings. The zero-order chi connectivity index (χ0) is 18.4. The van der Waals surface area contributed by atoms with Crippen LogP contribution in [-0.4, -0.2) is 19.4 Å². The van der Waals surface area contributed by atoms with Crippen molar-refractivity contribution in [2.24, 2.45) is 0 Å². The topological polar surface area (TPSA) is 12.0 Å². The highest BCUT2D eigenvalue weighted by Gasteiger charge is 2.73. The van der Waals surface area contributed by atoms with Gasteiger partial charge in [0.2, 0.25) is 0 Å². The average Bonchev–Trinajstić information content (AvgIpc) is 2.32. The second kappa shape index (κ2) is 5.45. The molecule has 11 heteroatoms. The molecule has 0 amide bonds. The number of aryl methyl sites for hydroxylation is 1. The number of nitrogens with one attached hydrogen (secondary N) is 1. The first-order chi connectivity index (χ1) is 10.1. The van der Waals surface area contributed by atoms with Gasteiger partial charge in [0.05, 0.1) is 5.56 Å². The molecule has 0 atom stereocenters. The van der Waals surface area contributed by atoms with Gasteiger partial charge in [0, 0.05) is 18.3 Å². The summed E-state index contributed by atoms with van der Waals surface area (Å²) in [6.07, 6.45) is -18.2. The van der Waals surface area contributed by atoms with E-state index < -0.39 is 52.6 Å². The van der Waals surface area contributed by atoms with E-state index in [9.17, 15) is 43.9 Å². The SMILES string of the molecule is CNc1c(C)cc(C(F)(C(F)(F)F)C(F)(F)F)cc1C(F)(F)F. The third-order valence-electron chi connectivity index (χ3n) is 3.07. The molecule has 23 heavy (non-hydrogen) atoms. The van der Waals surface area contributed by atoms with Gasteiger partial charge in [-0.15, -0.1) is 0 Å². The standard InChI is InChI=1S/C12H9F10N/c1-5-3-6(4-7(8(5)23-2)10(14,15)16)9(13,11(17,18)19)12(20,21)22/h3-4,23H,1-2H3. The number of anilines is 1. The van der Waals surface area contributed by atoms with Crippen LogP contribution in [0.5, 0.6) is 0 Å². The van der Waals surface area contributed by atoms with Gasteiger partial charge in [0.1, 0.15) is 0 Å². The van der Waals surface area contributed by atoms with Crippen LogP contribution in [0.25, 0.3) is 0 Å². The molecule has 1 N–H and O–H groups in total. The fraction of sp³-hybridized carbons (Fsp3) is 0.500. The van der Waals surface area contributed by atoms with Gasteiger partial charge in [-0.1, -0.05) is 6.07 Å². The lowest BCUT2D eigenvalue weighted by atomic mass is 9.90. The first-order valence-corrected chi connectivity index (χ1v) is 5.79. The zero-order valence-corrected chi connectivity index (χ0v) is 11.4. The van der Waals surface area contributed by atoms with Gasteiger partial charge >= 0.3 is 24.2 Å². The lowest BCUT2D eigenvalue weighted by Crippen LogP contribution is -2.50. The molecule has 0 radical (unpaired) electrons. The number of halogens is 10. The van der Waals surface area contributed by atoms with Crippen LogP contribution in [0.15, 0.2) is 12.1 Å². The van der Waals surface area contributed by atoms with E-state index >= 15 is 0 Å². The molecule has 1 nitrogen and oxygen atoms in total. The van der Waals surface area contributed by atoms with E-state index in [-0.39, 0.29) is 6.07 Å². The molecule has 0 heterocycles. The summed E-state index contributed by atoms with van der Waals surface area (Å²) in [5, 5.41) is 2.02. The molecule has 0 spiro atoms. The fourth-order valence-corrected chi connectivity index (χ4v) is 2.03. The van der Waals surface area contributed by atoms with E-state index in [0.29, 0.717) is 0 Å². The van der Waals surface area contributed by atoms with E-state index in [1.165, 1.54) is 0 Å². The van der Waals surface area contributed by atoms with Gasteiger partial charge in [-0.25, -0.2) is 4.39 Å². The first kappa shape index (κ1) is 19.4. The van der Waals surface area contributed by atoms with Crippen LogP contribution >= 0.6 is 0 Å². The van der Waals surface area contributed by atoms with E-state index in [0.717, 1.165) is 14.0 Å². The van der Waals surface area contributed by atoms with Gasteiger partial charge in [-0.2, -0.15) is 39.5 Å². The Hall–Kier alpha value is -1.68. The van der Waals surface area contributed by atoms with Gasteiger partial charge in [0.15, 0.2) is 0 Å². The summed E-state index contributed by atoms with van der Waals surface area (Å²) in [6, 6.07) is -0.401. The molecule has 1 rings (SSSR count). The normalized spacial score (nSPS) is 14.1. The van der Waals surface area contributed by atoms with Gasteiger partial charge in [-0.3, -0.25) is 0 Å². The Kier molecular flexibility index (Phi) is 4.59. The number of hydrogen-bond acceptors (Lipinski definition) is 1. The third-order valence-corrected chi connectivity index (χ3v) is 3.07. The molecule has 1 aromatic carbocycles. The molecule has 0 bridgehead atoms. The van der Waals surface area contributed by atoms with Crippen molar-refractivity contribution in [2.75, 3.05) is 12.4 Å². The van der Waals surface area contributed by atoms with Crippen molar-refractivity contribution in [3.63, 3.8) is 0 Å². The summed E-state index contributed by atoms with van der Waals surface area (Å²) in [5.41, 5.74) is -11.3. The van der Waals surface area contributed by atoms with Crippen LogP contribution in [0, 0.1) is 6.92 Å². The summed E-state index contributed by atoms with van der Waals surface area (Å²) in [7, 11) is 0.994. The molecular weight excluding hydrogens is 348 g/mol. The molecule has 0 aliphatic carbocycles. The minimum absolute atomic E-state index is 0.0854. The molecule has 0 saturated carbocycles. The fourth-order valence-electron chi connectivity index (χ4n) is 2.03. The molecule has 1 aromatic rings. The maximum absolute atomic E-state index is 13.9. The largest absolute Gasteiger partial charge is 0.435 e. The molecule has 0 aliphatic rings. The maximum Gasteiger partial charge on any atom is 0.435 e. The Balaban J connectivity index is 3.82. The predicted octanol–water partition coefficient (Wildman–Crippen LogP) is 5.34. The lowest BCUT2D eigenvalue weighted by molar-refractivity contribution is -0.348. The number of hydrogen-bond donors (Lipinski definition) is 1. The highest BCUT2D eigenvalue weighted by molar-refractivity contribution is 5.60. The monoisotopic (exact) mass is 357 g/mol. The summed E-state index contributed by atoms with van der Waals surface area (Å²) >= 11 is 0. The van der Waals surface area contributed by atoms with E-state index in [4.69, 9.17) is 0 Å². The zero-order valence-electron chi connectivity index (χ0n) is 11.4. The Morgan fingerprint density at radius 2 is 1.22 bits per heavy atom. The molecular formula is C12H9F10N. The summed E-state index contributed by atoms with van der Waals surface area (Å²) < 4.78 is 128. The number of rotatable bonds is 2. The minimum atomic E-state index is -6.48. The van der Waals surface area contributed by atoms with Gasteiger partial charge in [0.25, 0.3) is 0 Å². The quantitative estimate of drug-likeness (QED) is 0.704. The number of benzene rings is 1. The Bertz CT molecular complexity index is 567. The second-order valence-corrected chi connectivity index (χ2v) is 4.62. The maximum atomic E-state index is 13.9. The molecule has 0 saturated heterocycles. The van der Waals surface area contributed by atoms with Crippen LogP contribution in [0.1, 0.15) is 16.7 Å². The molecule has 0 aromatic heterocycles. The summed E-state index contributed by atoms with van der Waals surface area (Å²) in [5.74, 6) is 0. The van der Waals surface area contributed by atoms with Gasteiger partial charge in [-0.05, 0) is 18.6 Å². The summed E-state index contributed by atoms with van der Waals surface area (Å²) in [4.78, 5) is 0. The van der Waals surface area contributed by atoms with E-state index in [2.05, 4.69) is 0 Å². The van der Waals surface area contributed by atoms with E-state index in [1.54, 1.807) is 0 Å². The van der Waals surface area contributed by atoms with Crippen molar-refractivity contribution in [1.82, 2.24) is 0 Å². The average molecular weight is 357 g/mol.